The molecular weight excluding hydrogens is 282 g/mol. The van der Waals surface area contributed by atoms with E-state index in [4.69, 9.17) is 10.5 Å². The highest BCUT2D eigenvalue weighted by Gasteiger charge is 2.38. The van der Waals surface area contributed by atoms with Crippen molar-refractivity contribution in [2.45, 2.75) is 32.3 Å². The van der Waals surface area contributed by atoms with Crippen LogP contribution < -0.4 is 11.2 Å². The number of carbonyl (C=O) groups excluding carboxylic acids is 2. The van der Waals surface area contributed by atoms with Gasteiger partial charge in [0.2, 0.25) is 5.78 Å². The molecule has 0 saturated carbocycles. The molecule has 0 radical (unpaired) electrons. The van der Waals surface area contributed by atoms with Gasteiger partial charge in [0.15, 0.2) is 0 Å². The molecule has 6 heteroatoms. The number of nitrogens with two attached hydrogens (primary N) is 1. The van der Waals surface area contributed by atoms with Crippen molar-refractivity contribution >= 4 is 23.3 Å². The number of ketones is 1. The SMILES string of the molecule is CC1(C)CCC2=C(O1)c1ccccc1/C(=N\NC(N)=O)C2=O. The Morgan fingerprint density at radius 3 is 2.68 bits per heavy atom. The van der Waals surface area contributed by atoms with E-state index in [1.165, 1.54) is 0 Å². The van der Waals surface area contributed by atoms with E-state index in [2.05, 4.69) is 10.5 Å². The summed E-state index contributed by atoms with van der Waals surface area (Å²) in [6, 6.07) is 6.55. The number of hydrogen-bond donors (Lipinski definition) is 2. The first kappa shape index (κ1) is 14.3. The number of urea groups is 1. The Hall–Kier alpha value is -2.63. The highest BCUT2D eigenvalue weighted by molar-refractivity contribution is 6.54. The highest BCUT2D eigenvalue weighted by atomic mass is 16.5. The lowest BCUT2D eigenvalue weighted by Crippen LogP contribution is -2.36. The van der Waals surface area contributed by atoms with Crippen LogP contribution in [0.2, 0.25) is 0 Å². The maximum Gasteiger partial charge on any atom is 0.332 e. The van der Waals surface area contributed by atoms with E-state index in [0.29, 0.717) is 23.3 Å². The normalized spacial score (nSPS) is 21.0. The molecule has 1 aromatic rings. The van der Waals surface area contributed by atoms with Crippen molar-refractivity contribution in [2.24, 2.45) is 10.8 Å². The predicted molar refractivity (Wildman–Crippen MR) is 82.0 cm³/mol. The third kappa shape index (κ3) is 2.36. The summed E-state index contributed by atoms with van der Waals surface area (Å²) in [6.45, 7) is 4.00. The van der Waals surface area contributed by atoms with E-state index in [-0.39, 0.29) is 17.1 Å². The Balaban J connectivity index is 2.15. The number of primary amides is 1. The number of benzene rings is 1. The molecule has 6 nitrogen and oxygen atoms in total. The molecule has 1 aliphatic carbocycles. The fourth-order valence-corrected chi connectivity index (χ4v) is 2.74. The van der Waals surface area contributed by atoms with Gasteiger partial charge in [-0.2, -0.15) is 5.10 Å². The fourth-order valence-electron chi connectivity index (χ4n) is 2.74. The van der Waals surface area contributed by atoms with Crippen molar-refractivity contribution in [1.82, 2.24) is 5.43 Å². The van der Waals surface area contributed by atoms with Gasteiger partial charge in [0.05, 0.1) is 0 Å². The lowest BCUT2D eigenvalue weighted by molar-refractivity contribution is -0.110. The average molecular weight is 299 g/mol. The van der Waals surface area contributed by atoms with Crippen LogP contribution in [0.3, 0.4) is 0 Å². The van der Waals surface area contributed by atoms with Gasteiger partial charge in [-0.15, -0.1) is 0 Å². The van der Waals surface area contributed by atoms with Crippen LogP contribution in [0.4, 0.5) is 4.79 Å². The fraction of sp³-hybridized carbons (Fsp3) is 0.312. The number of allylic oxidation sites excluding steroid dienone is 1. The van der Waals surface area contributed by atoms with E-state index < -0.39 is 6.03 Å². The summed E-state index contributed by atoms with van der Waals surface area (Å²) in [5.41, 5.74) is 9.11. The second kappa shape index (κ2) is 4.98. The molecule has 0 saturated heterocycles. The zero-order valence-electron chi connectivity index (χ0n) is 12.5. The minimum Gasteiger partial charge on any atom is -0.487 e. The van der Waals surface area contributed by atoms with Crippen LogP contribution in [0, 0.1) is 0 Å². The van der Waals surface area contributed by atoms with E-state index in [9.17, 15) is 9.59 Å². The van der Waals surface area contributed by atoms with Crippen LogP contribution in [0.25, 0.3) is 5.76 Å². The second-order valence-corrected chi connectivity index (χ2v) is 5.98. The molecule has 2 amide bonds. The van der Waals surface area contributed by atoms with Crippen LogP contribution in [-0.2, 0) is 9.53 Å². The quantitative estimate of drug-likeness (QED) is 0.776. The molecular formula is C16H17N3O3. The van der Waals surface area contributed by atoms with Crippen molar-refractivity contribution in [3.63, 3.8) is 0 Å². The number of hydrazone groups is 1. The summed E-state index contributed by atoms with van der Waals surface area (Å²) >= 11 is 0. The molecule has 1 heterocycles. The smallest absolute Gasteiger partial charge is 0.332 e. The minimum absolute atomic E-state index is 0.191. The van der Waals surface area contributed by atoms with Gasteiger partial charge in [0.1, 0.15) is 17.1 Å². The maximum absolute atomic E-state index is 12.7. The molecule has 22 heavy (non-hydrogen) atoms. The summed E-state index contributed by atoms with van der Waals surface area (Å²) in [6.07, 6.45) is 1.36. The molecule has 0 bridgehead atoms. The number of ether oxygens (including phenoxy) is 1. The first-order valence-corrected chi connectivity index (χ1v) is 7.09. The Morgan fingerprint density at radius 1 is 1.32 bits per heavy atom. The van der Waals surface area contributed by atoms with E-state index in [1.807, 2.05) is 32.0 Å². The molecule has 3 N–H and O–H groups in total. The van der Waals surface area contributed by atoms with Crippen LogP contribution in [-0.4, -0.2) is 23.1 Å². The van der Waals surface area contributed by atoms with Crippen molar-refractivity contribution in [3.8, 4) is 0 Å². The molecule has 3 rings (SSSR count). The molecule has 0 atom stereocenters. The third-order valence-corrected chi connectivity index (χ3v) is 3.82. The number of amides is 2. The number of fused-ring (bicyclic) bond motifs is 2. The lowest BCUT2D eigenvalue weighted by Gasteiger charge is -2.36. The Labute approximate surface area is 128 Å². The van der Waals surface area contributed by atoms with Gasteiger partial charge in [0.25, 0.3) is 0 Å². The summed E-state index contributed by atoms with van der Waals surface area (Å²) in [5, 5.41) is 3.89. The summed E-state index contributed by atoms with van der Waals surface area (Å²) < 4.78 is 6.04. The Morgan fingerprint density at radius 2 is 2.00 bits per heavy atom. The van der Waals surface area contributed by atoms with Crippen molar-refractivity contribution in [3.05, 3.63) is 41.0 Å². The molecule has 0 spiro atoms. The van der Waals surface area contributed by atoms with E-state index >= 15 is 0 Å². The zero-order valence-corrected chi connectivity index (χ0v) is 12.5. The van der Waals surface area contributed by atoms with Crippen molar-refractivity contribution in [2.75, 3.05) is 0 Å². The molecule has 0 unspecified atom stereocenters. The van der Waals surface area contributed by atoms with Gasteiger partial charge >= 0.3 is 6.03 Å². The van der Waals surface area contributed by atoms with Crippen molar-refractivity contribution < 1.29 is 14.3 Å². The van der Waals surface area contributed by atoms with Gasteiger partial charge in [-0.3, -0.25) is 4.79 Å². The topological polar surface area (TPSA) is 93.8 Å². The molecule has 0 fully saturated rings. The highest BCUT2D eigenvalue weighted by Crippen LogP contribution is 2.41. The number of carbonyl (C=O) groups is 2. The summed E-state index contributed by atoms with van der Waals surface area (Å²) in [4.78, 5) is 23.6. The molecule has 1 aromatic carbocycles. The van der Waals surface area contributed by atoms with Gasteiger partial charge < -0.3 is 10.5 Å². The molecule has 114 valence electrons. The first-order chi connectivity index (χ1) is 10.4. The number of rotatable bonds is 1. The third-order valence-electron chi connectivity index (χ3n) is 3.82. The number of nitrogens with one attached hydrogen (secondary N) is 1. The van der Waals surface area contributed by atoms with Gasteiger partial charge in [-0.1, -0.05) is 24.3 Å². The summed E-state index contributed by atoms with van der Waals surface area (Å²) in [5.74, 6) is 0.396. The predicted octanol–water partition coefficient (Wildman–Crippen LogP) is 1.94. The molecule has 0 aromatic heterocycles. The lowest BCUT2D eigenvalue weighted by atomic mass is 9.82. The largest absolute Gasteiger partial charge is 0.487 e. The van der Waals surface area contributed by atoms with E-state index in [1.54, 1.807) is 6.07 Å². The van der Waals surface area contributed by atoms with Crippen LogP contribution in [0.15, 0.2) is 34.9 Å². The van der Waals surface area contributed by atoms with Crippen LogP contribution >= 0.6 is 0 Å². The summed E-state index contributed by atoms with van der Waals surface area (Å²) in [7, 11) is 0. The number of hydrogen-bond acceptors (Lipinski definition) is 4. The molecule has 2 aliphatic rings. The standard InChI is InChI=1S/C16H17N3O3/c1-16(2)8-7-11-13(20)12(18-19-15(17)21)9-5-3-4-6-10(9)14(11)22-16/h3-6H,7-8H2,1-2H3,(H3,17,19,21)/b18-12+. The first-order valence-electron chi connectivity index (χ1n) is 7.09. The van der Waals surface area contributed by atoms with Gasteiger partial charge in [0, 0.05) is 16.7 Å². The number of nitrogens with zero attached hydrogens (tertiary/aromatic N) is 1. The van der Waals surface area contributed by atoms with Crippen molar-refractivity contribution in [1.29, 1.82) is 0 Å². The average Bonchev–Trinajstić information content (AvgIpc) is 2.46. The zero-order chi connectivity index (χ0) is 15.9. The van der Waals surface area contributed by atoms with Gasteiger partial charge in [-0.25, -0.2) is 10.2 Å². The van der Waals surface area contributed by atoms with Crippen LogP contribution in [0.5, 0.6) is 0 Å². The Bertz CT molecular complexity index is 732. The maximum atomic E-state index is 12.7. The van der Waals surface area contributed by atoms with Gasteiger partial charge in [-0.05, 0) is 26.7 Å². The Kier molecular flexibility index (Phi) is 3.24. The van der Waals surface area contributed by atoms with Crippen LogP contribution in [0.1, 0.15) is 37.8 Å². The second-order valence-electron chi connectivity index (χ2n) is 5.98. The van der Waals surface area contributed by atoms with E-state index in [0.717, 1.165) is 12.0 Å². The monoisotopic (exact) mass is 299 g/mol. The number of Topliss-reactive ketones (excluding diaryl/α,β-unsaturated/α-hetero) is 1. The minimum atomic E-state index is -0.807. The molecule has 1 aliphatic heterocycles.